The highest BCUT2D eigenvalue weighted by atomic mass is 32.2. The van der Waals surface area contributed by atoms with Crippen LogP contribution >= 0.6 is 0 Å². The van der Waals surface area contributed by atoms with Crippen molar-refractivity contribution < 1.29 is 18.0 Å². The fourth-order valence-corrected chi connectivity index (χ4v) is 3.46. The minimum atomic E-state index is -3.73. The fourth-order valence-electron chi connectivity index (χ4n) is 2.49. The Morgan fingerprint density at radius 1 is 1.12 bits per heavy atom. The van der Waals surface area contributed by atoms with Crippen molar-refractivity contribution in [2.45, 2.75) is 31.2 Å². The lowest BCUT2D eigenvalue weighted by Crippen LogP contribution is -2.28. The van der Waals surface area contributed by atoms with Gasteiger partial charge in [-0.05, 0) is 43.2 Å². The van der Waals surface area contributed by atoms with Gasteiger partial charge in [-0.1, -0.05) is 41.2 Å². The molecule has 0 aromatic heterocycles. The molecule has 0 aliphatic heterocycles. The Morgan fingerprint density at radius 2 is 1.69 bits per heavy atom. The van der Waals surface area contributed by atoms with Gasteiger partial charge < -0.3 is 5.32 Å². The molecular weight excluding hydrogens is 352 g/mol. The number of amides is 1. The monoisotopic (exact) mass is 376 g/mol. The van der Waals surface area contributed by atoms with Crippen molar-refractivity contribution in [3.05, 3.63) is 65.2 Å². The third-order valence-corrected chi connectivity index (χ3v) is 5.90. The van der Waals surface area contributed by atoms with Crippen LogP contribution in [0, 0.1) is 6.92 Å². The van der Waals surface area contributed by atoms with Crippen LogP contribution in [0.25, 0.3) is 0 Å². The van der Waals surface area contributed by atoms with Gasteiger partial charge in [0, 0.05) is 12.6 Å². The van der Waals surface area contributed by atoms with E-state index in [9.17, 15) is 13.2 Å². The number of carbonyl (C=O) groups excluding carboxylic acids is 1. The van der Waals surface area contributed by atoms with Crippen molar-refractivity contribution in [2.75, 3.05) is 14.2 Å². The number of hydrogen-bond acceptors (Lipinski definition) is 4. The molecule has 0 bridgehead atoms. The third kappa shape index (κ3) is 4.49. The highest BCUT2D eigenvalue weighted by Gasteiger charge is 2.21. The molecule has 0 spiro atoms. The first-order valence-electron chi connectivity index (χ1n) is 8.30. The second-order valence-electron chi connectivity index (χ2n) is 5.97. The first kappa shape index (κ1) is 20.1. The number of nitrogens with zero attached hydrogens (tertiary/aromatic N) is 1. The van der Waals surface area contributed by atoms with Gasteiger partial charge in [-0.15, -0.1) is 0 Å². The molecule has 0 radical (unpaired) electrons. The second kappa shape index (κ2) is 8.44. The van der Waals surface area contributed by atoms with Gasteiger partial charge in [0.25, 0.3) is 15.9 Å². The molecule has 0 aliphatic rings. The van der Waals surface area contributed by atoms with Crippen molar-refractivity contribution in [1.82, 2.24) is 9.79 Å². The predicted octanol–water partition coefficient (Wildman–Crippen LogP) is 3.06. The van der Waals surface area contributed by atoms with E-state index in [1.54, 1.807) is 0 Å². The van der Waals surface area contributed by atoms with Crippen LogP contribution in [-0.4, -0.2) is 33.0 Å². The molecule has 1 amide bonds. The third-order valence-electron chi connectivity index (χ3n) is 4.20. The Bertz CT molecular complexity index is 846. The van der Waals surface area contributed by atoms with Crippen molar-refractivity contribution in [3.8, 4) is 0 Å². The topological polar surface area (TPSA) is 75.7 Å². The van der Waals surface area contributed by atoms with Crippen molar-refractivity contribution in [1.29, 1.82) is 0 Å². The van der Waals surface area contributed by atoms with E-state index in [0.717, 1.165) is 22.0 Å². The molecule has 1 N–H and O–H groups in total. The summed E-state index contributed by atoms with van der Waals surface area (Å²) in [5.41, 5.74) is 2.59. The number of rotatable bonds is 7. The normalized spacial score (nSPS) is 12.8. The maximum atomic E-state index is 12.5. The molecule has 140 valence electrons. The molecule has 0 fully saturated rings. The molecule has 1 unspecified atom stereocenters. The van der Waals surface area contributed by atoms with E-state index in [0.29, 0.717) is 5.56 Å². The van der Waals surface area contributed by atoms with E-state index in [2.05, 4.69) is 5.32 Å². The molecule has 7 heteroatoms. The van der Waals surface area contributed by atoms with Crippen LogP contribution in [0.3, 0.4) is 0 Å². The summed E-state index contributed by atoms with van der Waals surface area (Å²) >= 11 is 0. The highest BCUT2D eigenvalue weighted by Crippen LogP contribution is 2.19. The SMILES string of the molecule is CCC(NC(=O)c1ccc(S(=O)(=O)N(C)OC)cc1)c1ccc(C)cc1. The summed E-state index contributed by atoms with van der Waals surface area (Å²) in [5.74, 6) is -0.249. The molecule has 2 aromatic rings. The molecule has 0 saturated carbocycles. The quantitative estimate of drug-likeness (QED) is 0.754. The van der Waals surface area contributed by atoms with Gasteiger partial charge in [0.1, 0.15) is 0 Å². The average Bonchev–Trinajstić information content (AvgIpc) is 2.66. The Kier molecular flexibility index (Phi) is 6.52. The maximum absolute atomic E-state index is 12.5. The Morgan fingerprint density at radius 3 is 2.19 bits per heavy atom. The highest BCUT2D eigenvalue weighted by molar-refractivity contribution is 7.89. The predicted molar refractivity (Wildman–Crippen MR) is 100 cm³/mol. The zero-order valence-electron chi connectivity index (χ0n) is 15.4. The number of hydrogen-bond donors (Lipinski definition) is 1. The second-order valence-corrected chi connectivity index (χ2v) is 7.90. The van der Waals surface area contributed by atoms with E-state index in [1.165, 1.54) is 38.4 Å². The number of benzene rings is 2. The van der Waals surface area contributed by atoms with Gasteiger partial charge in [-0.2, -0.15) is 0 Å². The molecule has 2 aromatic carbocycles. The molecule has 0 aliphatic carbocycles. The first-order chi connectivity index (χ1) is 12.3. The molecule has 26 heavy (non-hydrogen) atoms. The van der Waals surface area contributed by atoms with Gasteiger partial charge in [-0.3, -0.25) is 9.63 Å². The Labute approximate surface area is 154 Å². The lowest BCUT2D eigenvalue weighted by molar-refractivity contribution is -0.0258. The van der Waals surface area contributed by atoms with E-state index in [-0.39, 0.29) is 16.8 Å². The van der Waals surface area contributed by atoms with E-state index in [4.69, 9.17) is 4.84 Å². The first-order valence-corrected chi connectivity index (χ1v) is 9.74. The number of carbonyl (C=O) groups is 1. The number of nitrogens with one attached hydrogen (secondary N) is 1. The van der Waals surface area contributed by atoms with Gasteiger partial charge in [0.15, 0.2) is 0 Å². The van der Waals surface area contributed by atoms with Gasteiger partial charge >= 0.3 is 0 Å². The maximum Gasteiger partial charge on any atom is 0.264 e. The molecule has 1 atom stereocenters. The summed E-state index contributed by atoms with van der Waals surface area (Å²) in [6, 6.07) is 13.7. The van der Waals surface area contributed by atoms with Crippen molar-refractivity contribution in [3.63, 3.8) is 0 Å². The van der Waals surface area contributed by atoms with Crippen molar-refractivity contribution >= 4 is 15.9 Å². The minimum absolute atomic E-state index is 0.0592. The van der Waals surface area contributed by atoms with E-state index in [1.807, 2.05) is 38.1 Å². The zero-order chi connectivity index (χ0) is 19.3. The summed E-state index contributed by atoms with van der Waals surface area (Å²) in [6.45, 7) is 4.01. The van der Waals surface area contributed by atoms with Crippen LogP contribution in [-0.2, 0) is 14.9 Å². The van der Waals surface area contributed by atoms with E-state index < -0.39 is 10.0 Å². The number of hydroxylamine groups is 1. The number of sulfonamides is 1. The molecule has 0 saturated heterocycles. The summed E-state index contributed by atoms with van der Waals surface area (Å²) in [5, 5.41) is 2.99. The van der Waals surface area contributed by atoms with Crippen molar-refractivity contribution in [2.24, 2.45) is 0 Å². The van der Waals surface area contributed by atoms with Gasteiger partial charge in [0.2, 0.25) is 0 Å². The van der Waals surface area contributed by atoms with Crippen LogP contribution in [0.2, 0.25) is 0 Å². The smallest absolute Gasteiger partial charge is 0.264 e. The minimum Gasteiger partial charge on any atom is -0.345 e. The Hall–Kier alpha value is -2.22. The summed E-state index contributed by atoms with van der Waals surface area (Å²) in [7, 11) is -1.14. The molecule has 0 heterocycles. The van der Waals surface area contributed by atoms with Crippen LogP contribution in [0.4, 0.5) is 0 Å². The van der Waals surface area contributed by atoms with Gasteiger partial charge in [-0.25, -0.2) is 8.42 Å². The molecular formula is C19H24N2O4S. The fraction of sp³-hybridized carbons (Fsp3) is 0.316. The number of aryl methyl sites for hydroxylation is 1. The lowest BCUT2D eigenvalue weighted by Gasteiger charge is -2.18. The van der Waals surface area contributed by atoms with Crippen LogP contribution in [0.5, 0.6) is 0 Å². The zero-order valence-corrected chi connectivity index (χ0v) is 16.2. The largest absolute Gasteiger partial charge is 0.345 e. The molecule has 2 rings (SSSR count). The van der Waals surface area contributed by atoms with Crippen LogP contribution in [0.1, 0.15) is 40.9 Å². The average molecular weight is 376 g/mol. The Balaban J connectivity index is 2.15. The molecule has 6 nitrogen and oxygen atoms in total. The lowest BCUT2D eigenvalue weighted by atomic mass is 10.0. The summed E-state index contributed by atoms with van der Waals surface area (Å²) < 4.78 is 25.1. The summed E-state index contributed by atoms with van der Waals surface area (Å²) in [4.78, 5) is 17.3. The van der Waals surface area contributed by atoms with E-state index >= 15 is 0 Å². The van der Waals surface area contributed by atoms with Gasteiger partial charge in [0.05, 0.1) is 18.0 Å². The standard InChI is InChI=1S/C19H24N2O4S/c1-5-18(15-8-6-14(2)7-9-15)20-19(22)16-10-12-17(13-11-16)26(23,24)21(3)25-4/h6-13,18H,5H2,1-4H3,(H,20,22). The van der Waals surface area contributed by atoms with Crippen LogP contribution < -0.4 is 5.32 Å². The summed E-state index contributed by atoms with van der Waals surface area (Å²) in [6.07, 6.45) is 0.750. The van der Waals surface area contributed by atoms with Crippen LogP contribution in [0.15, 0.2) is 53.4 Å².